The fourth-order valence-electron chi connectivity index (χ4n) is 1.97. The average Bonchev–Trinajstić information content (AvgIpc) is 2.71. The van der Waals surface area contributed by atoms with E-state index in [0.29, 0.717) is 17.4 Å². The Morgan fingerprint density at radius 3 is 2.87 bits per heavy atom. The van der Waals surface area contributed by atoms with Gasteiger partial charge in [0, 0.05) is 18.3 Å². The fourth-order valence-corrected chi connectivity index (χ4v) is 1.97. The number of nitrogens with zero attached hydrogens (tertiary/aromatic N) is 2. The van der Waals surface area contributed by atoms with E-state index in [1.54, 1.807) is 6.07 Å². The number of rotatable bonds is 2. The number of hydrogen-bond donors (Lipinski definition) is 2. The Morgan fingerprint density at radius 1 is 1.47 bits per heavy atom. The maximum absolute atomic E-state index is 8.91. The Balaban J connectivity index is 2.18. The number of aromatic nitrogens is 1. The van der Waals surface area contributed by atoms with E-state index < -0.39 is 0 Å². The van der Waals surface area contributed by atoms with E-state index in [2.05, 4.69) is 16.4 Å². The van der Waals surface area contributed by atoms with Crippen LogP contribution in [0.2, 0.25) is 0 Å². The molecule has 0 atom stereocenters. The van der Waals surface area contributed by atoms with E-state index in [1.807, 2.05) is 0 Å². The van der Waals surface area contributed by atoms with E-state index in [-0.39, 0.29) is 0 Å². The number of pyridine rings is 1. The minimum atomic E-state index is 0.453. The molecule has 1 saturated carbocycles. The van der Waals surface area contributed by atoms with Crippen molar-refractivity contribution in [1.29, 1.82) is 5.26 Å². The second-order valence-electron chi connectivity index (χ2n) is 3.89. The van der Waals surface area contributed by atoms with Crippen LogP contribution in [-0.2, 0) is 0 Å². The molecule has 0 amide bonds. The lowest BCUT2D eigenvalue weighted by Gasteiger charge is -2.14. The molecule has 0 aliphatic heterocycles. The van der Waals surface area contributed by atoms with Crippen LogP contribution in [-0.4, -0.2) is 11.0 Å². The van der Waals surface area contributed by atoms with Crippen LogP contribution in [0.15, 0.2) is 12.3 Å². The molecule has 1 aliphatic rings. The molecule has 1 aliphatic carbocycles. The van der Waals surface area contributed by atoms with Crippen molar-refractivity contribution in [3.8, 4) is 6.07 Å². The Kier molecular flexibility index (Phi) is 2.72. The van der Waals surface area contributed by atoms with Gasteiger partial charge in [0.05, 0.1) is 11.3 Å². The summed E-state index contributed by atoms with van der Waals surface area (Å²) in [7, 11) is 0. The summed E-state index contributed by atoms with van der Waals surface area (Å²) in [5.41, 5.74) is 6.98. The molecule has 0 unspecified atom stereocenters. The van der Waals surface area contributed by atoms with Crippen molar-refractivity contribution in [3.63, 3.8) is 0 Å². The number of hydrogen-bond acceptors (Lipinski definition) is 4. The summed E-state index contributed by atoms with van der Waals surface area (Å²) in [6, 6.07) is 4.33. The Labute approximate surface area is 89.1 Å². The van der Waals surface area contributed by atoms with Crippen molar-refractivity contribution >= 4 is 11.5 Å². The highest BCUT2D eigenvalue weighted by atomic mass is 14.9. The third kappa shape index (κ3) is 2.18. The van der Waals surface area contributed by atoms with Gasteiger partial charge in [0.2, 0.25) is 0 Å². The molecule has 0 spiro atoms. The van der Waals surface area contributed by atoms with Gasteiger partial charge in [-0.2, -0.15) is 5.26 Å². The number of nitriles is 1. The van der Waals surface area contributed by atoms with Crippen LogP contribution in [0.5, 0.6) is 0 Å². The quantitative estimate of drug-likeness (QED) is 0.768. The molecule has 78 valence electrons. The van der Waals surface area contributed by atoms with E-state index in [0.717, 1.165) is 5.69 Å². The first-order valence-corrected chi connectivity index (χ1v) is 5.22. The third-order valence-corrected chi connectivity index (χ3v) is 2.76. The van der Waals surface area contributed by atoms with Crippen molar-refractivity contribution in [2.75, 3.05) is 11.1 Å². The van der Waals surface area contributed by atoms with Crippen LogP contribution in [0.1, 0.15) is 31.2 Å². The van der Waals surface area contributed by atoms with Gasteiger partial charge >= 0.3 is 0 Å². The molecular weight excluding hydrogens is 188 g/mol. The summed E-state index contributed by atoms with van der Waals surface area (Å²) in [5.74, 6) is 0.453. The standard InChI is InChI=1S/C11H14N4/c12-6-8-7-14-11(13)5-10(8)15-9-3-1-2-4-9/h5,7,9H,1-4H2,(H3,13,14,15). The molecule has 0 saturated heterocycles. The molecule has 4 heteroatoms. The monoisotopic (exact) mass is 202 g/mol. The summed E-state index contributed by atoms with van der Waals surface area (Å²) in [5, 5.41) is 12.3. The summed E-state index contributed by atoms with van der Waals surface area (Å²) < 4.78 is 0. The second kappa shape index (κ2) is 4.18. The molecule has 1 aromatic rings. The molecule has 15 heavy (non-hydrogen) atoms. The smallest absolute Gasteiger partial charge is 0.125 e. The predicted octanol–water partition coefficient (Wildman–Crippen LogP) is 1.89. The van der Waals surface area contributed by atoms with Crippen molar-refractivity contribution in [3.05, 3.63) is 17.8 Å². The second-order valence-corrected chi connectivity index (χ2v) is 3.89. The van der Waals surface area contributed by atoms with Gasteiger partial charge in [0.1, 0.15) is 11.9 Å². The Bertz CT molecular complexity index is 388. The molecule has 1 aromatic heterocycles. The van der Waals surface area contributed by atoms with Gasteiger partial charge in [-0.25, -0.2) is 4.98 Å². The Morgan fingerprint density at radius 2 is 2.20 bits per heavy atom. The van der Waals surface area contributed by atoms with E-state index in [9.17, 15) is 0 Å². The van der Waals surface area contributed by atoms with Crippen LogP contribution in [0, 0.1) is 11.3 Å². The zero-order chi connectivity index (χ0) is 10.7. The van der Waals surface area contributed by atoms with Crippen LogP contribution in [0.3, 0.4) is 0 Å². The summed E-state index contributed by atoms with van der Waals surface area (Å²) >= 11 is 0. The normalized spacial score (nSPS) is 16.2. The van der Waals surface area contributed by atoms with Gasteiger partial charge in [0.25, 0.3) is 0 Å². The van der Waals surface area contributed by atoms with E-state index >= 15 is 0 Å². The highest BCUT2D eigenvalue weighted by molar-refractivity contribution is 5.61. The lowest BCUT2D eigenvalue weighted by atomic mass is 10.2. The van der Waals surface area contributed by atoms with E-state index in [4.69, 9.17) is 11.0 Å². The first-order chi connectivity index (χ1) is 7.29. The third-order valence-electron chi connectivity index (χ3n) is 2.76. The molecule has 0 aromatic carbocycles. The van der Waals surface area contributed by atoms with Crippen LogP contribution in [0.4, 0.5) is 11.5 Å². The largest absolute Gasteiger partial charge is 0.384 e. The van der Waals surface area contributed by atoms with Crippen LogP contribution in [0.25, 0.3) is 0 Å². The SMILES string of the molecule is N#Cc1cnc(N)cc1NC1CCCC1. The molecule has 1 fully saturated rings. The predicted molar refractivity (Wildman–Crippen MR) is 59.2 cm³/mol. The Hall–Kier alpha value is -1.76. The zero-order valence-corrected chi connectivity index (χ0v) is 8.53. The zero-order valence-electron chi connectivity index (χ0n) is 8.53. The van der Waals surface area contributed by atoms with E-state index in [1.165, 1.54) is 31.9 Å². The highest BCUT2D eigenvalue weighted by Crippen LogP contribution is 2.24. The molecule has 3 N–H and O–H groups in total. The van der Waals surface area contributed by atoms with Crippen LogP contribution >= 0.6 is 0 Å². The first kappa shape index (κ1) is 9.78. The van der Waals surface area contributed by atoms with Gasteiger partial charge < -0.3 is 11.1 Å². The summed E-state index contributed by atoms with van der Waals surface area (Å²) in [4.78, 5) is 3.90. The molecule has 1 heterocycles. The minimum absolute atomic E-state index is 0.453. The lowest BCUT2D eigenvalue weighted by molar-refractivity contribution is 0.755. The molecular formula is C11H14N4. The lowest BCUT2D eigenvalue weighted by Crippen LogP contribution is -2.15. The maximum atomic E-state index is 8.91. The van der Waals surface area contributed by atoms with Gasteiger partial charge in [-0.05, 0) is 12.8 Å². The molecule has 0 bridgehead atoms. The minimum Gasteiger partial charge on any atom is -0.384 e. The molecule has 2 rings (SSSR count). The van der Waals surface area contributed by atoms with Gasteiger partial charge in [-0.3, -0.25) is 0 Å². The maximum Gasteiger partial charge on any atom is 0.125 e. The average molecular weight is 202 g/mol. The highest BCUT2D eigenvalue weighted by Gasteiger charge is 2.16. The van der Waals surface area contributed by atoms with Gasteiger partial charge in [0.15, 0.2) is 0 Å². The number of anilines is 2. The topological polar surface area (TPSA) is 74.7 Å². The van der Waals surface area contributed by atoms with Crippen molar-refractivity contribution < 1.29 is 0 Å². The van der Waals surface area contributed by atoms with Gasteiger partial charge in [-0.15, -0.1) is 0 Å². The van der Waals surface area contributed by atoms with Crippen molar-refractivity contribution in [2.24, 2.45) is 0 Å². The summed E-state index contributed by atoms with van der Waals surface area (Å²) in [6.45, 7) is 0. The van der Waals surface area contributed by atoms with Crippen molar-refractivity contribution in [2.45, 2.75) is 31.7 Å². The summed E-state index contributed by atoms with van der Waals surface area (Å²) in [6.07, 6.45) is 6.40. The molecule has 4 nitrogen and oxygen atoms in total. The van der Waals surface area contributed by atoms with Gasteiger partial charge in [-0.1, -0.05) is 12.8 Å². The number of nitrogens with two attached hydrogens (primary N) is 1. The van der Waals surface area contributed by atoms with Crippen LogP contribution < -0.4 is 11.1 Å². The van der Waals surface area contributed by atoms with Crippen molar-refractivity contribution in [1.82, 2.24) is 4.98 Å². The number of nitrogen functional groups attached to an aromatic ring is 1. The number of nitrogens with one attached hydrogen (secondary N) is 1. The molecule has 0 radical (unpaired) electrons. The first-order valence-electron chi connectivity index (χ1n) is 5.22. The fraction of sp³-hybridized carbons (Fsp3) is 0.455.